The van der Waals surface area contributed by atoms with Crippen molar-refractivity contribution < 1.29 is 48.5 Å². The number of hydrogen-bond donors (Lipinski definition) is 7. The monoisotopic (exact) mass is 643 g/mol. The molecule has 0 aromatic carbocycles. The van der Waals surface area contributed by atoms with Crippen LogP contribution in [0.15, 0.2) is 10.5 Å². The number of amides is 4. The first-order chi connectivity index (χ1) is 20.2. The lowest BCUT2D eigenvalue weighted by Gasteiger charge is -2.37. The summed E-state index contributed by atoms with van der Waals surface area (Å²) in [7, 11) is 0. The van der Waals surface area contributed by atoms with Gasteiger partial charge in [-0.2, -0.15) is 0 Å². The maximum atomic E-state index is 13.3. The summed E-state index contributed by atoms with van der Waals surface area (Å²) in [4.78, 5) is 70.2. The molecule has 44 heavy (non-hydrogen) atoms. The van der Waals surface area contributed by atoms with E-state index in [0.29, 0.717) is 0 Å². The average molecular weight is 644 g/mol. The SMILES string of the molecule is CC(C)(C)OC(=O)NC[C@@H](O)CNC[C@@H]1NC(=O)C1NC(=O)/C(=N\OC(C)(C)C(=O)O)c1csc(NC(=O)OC(C)(C)C)n1. The Labute approximate surface area is 258 Å². The maximum absolute atomic E-state index is 13.3. The van der Waals surface area contributed by atoms with E-state index in [0.717, 1.165) is 11.3 Å². The lowest BCUT2D eigenvalue weighted by atomic mass is 9.98. The lowest BCUT2D eigenvalue weighted by Crippen LogP contribution is -2.72. The van der Waals surface area contributed by atoms with Crippen LogP contribution in [0.25, 0.3) is 0 Å². The molecule has 1 aromatic heterocycles. The first-order valence-corrected chi connectivity index (χ1v) is 14.5. The number of β-lactam (4-membered cyclic amide) rings is 1. The molecule has 2 heterocycles. The number of carbonyl (C=O) groups excluding carboxylic acids is 4. The van der Waals surface area contributed by atoms with Gasteiger partial charge in [-0.1, -0.05) is 5.16 Å². The van der Waals surface area contributed by atoms with E-state index in [4.69, 9.17) is 14.3 Å². The molecule has 0 saturated carbocycles. The summed E-state index contributed by atoms with van der Waals surface area (Å²) in [6.07, 6.45) is -2.42. The number of carboxylic acid groups (broad SMARTS) is 1. The number of anilines is 1. The molecule has 0 bridgehead atoms. The molecule has 17 nitrogen and oxygen atoms in total. The van der Waals surface area contributed by atoms with Crippen molar-refractivity contribution in [2.75, 3.05) is 25.0 Å². The molecule has 0 radical (unpaired) electrons. The summed E-state index contributed by atoms with van der Waals surface area (Å²) in [6, 6.07) is -1.59. The second-order valence-electron chi connectivity index (χ2n) is 12.3. The first kappa shape index (κ1) is 36.2. The van der Waals surface area contributed by atoms with E-state index in [1.165, 1.54) is 19.2 Å². The Kier molecular flexibility index (Phi) is 12.0. The first-order valence-electron chi connectivity index (χ1n) is 13.6. The molecule has 246 valence electrons. The molecule has 1 saturated heterocycles. The number of nitrogens with one attached hydrogen (secondary N) is 5. The number of aromatic nitrogens is 1. The van der Waals surface area contributed by atoms with Gasteiger partial charge in [-0.3, -0.25) is 14.9 Å². The van der Waals surface area contributed by atoms with Gasteiger partial charge in [-0.05, 0) is 55.4 Å². The van der Waals surface area contributed by atoms with Gasteiger partial charge in [0.05, 0.1) is 12.1 Å². The molecule has 7 N–H and O–H groups in total. The summed E-state index contributed by atoms with van der Waals surface area (Å²) in [5.41, 5.74) is -3.76. The van der Waals surface area contributed by atoms with Crippen LogP contribution in [0.1, 0.15) is 61.1 Å². The van der Waals surface area contributed by atoms with Crippen LogP contribution in [0.4, 0.5) is 14.7 Å². The highest BCUT2D eigenvalue weighted by Crippen LogP contribution is 2.20. The molecule has 1 fully saturated rings. The molecule has 1 aliphatic rings. The third-order valence-corrected chi connectivity index (χ3v) is 6.13. The van der Waals surface area contributed by atoms with Crippen LogP contribution >= 0.6 is 11.3 Å². The molecular weight excluding hydrogens is 602 g/mol. The number of aliphatic hydroxyl groups excluding tert-OH is 1. The van der Waals surface area contributed by atoms with E-state index in [1.807, 2.05) is 0 Å². The summed E-state index contributed by atoms with van der Waals surface area (Å²) in [6.45, 7) is 12.8. The smallest absolute Gasteiger partial charge is 0.413 e. The Hall–Kier alpha value is -4.03. The summed E-state index contributed by atoms with van der Waals surface area (Å²) in [5.74, 6) is -2.74. The number of oxime groups is 1. The zero-order valence-corrected chi connectivity index (χ0v) is 26.7. The highest BCUT2D eigenvalue weighted by atomic mass is 32.1. The second kappa shape index (κ2) is 14.6. The third-order valence-electron chi connectivity index (χ3n) is 5.37. The number of carbonyl (C=O) groups is 5. The molecule has 0 aliphatic carbocycles. The van der Waals surface area contributed by atoms with Gasteiger partial charge in [-0.15, -0.1) is 11.3 Å². The molecule has 3 atom stereocenters. The fraction of sp³-hybridized carbons (Fsp3) is 0.654. The zero-order valence-electron chi connectivity index (χ0n) is 25.9. The van der Waals surface area contributed by atoms with Gasteiger partial charge in [0.25, 0.3) is 5.91 Å². The van der Waals surface area contributed by atoms with Crippen molar-refractivity contribution in [3.63, 3.8) is 0 Å². The topological polar surface area (TPSA) is 239 Å². The van der Waals surface area contributed by atoms with E-state index in [-0.39, 0.29) is 30.5 Å². The van der Waals surface area contributed by atoms with Crippen molar-refractivity contribution in [3.05, 3.63) is 11.1 Å². The summed E-state index contributed by atoms with van der Waals surface area (Å²) < 4.78 is 10.3. The number of nitrogens with zero attached hydrogens (tertiary/aromatic N) is 2. The van der Waals surface area contributed by atoms with E-state index in [9.17, 15) is 34.2 Å². The van der Waals surface area contributed by atoms with E-state index in [2.05, 4.69) is 36.7 Å². The predicted octanol–water partition coefficient (Wildman–Crippen LogP) is 0.532. The molecule has 1 aromatic rings. The Bertz CT molecular complexity index is 1250. The molecular formula is C26H41N7O10S. The van der Waals surface area contributed by atoms with Crippen LogP contribution in [-0.4, -0.2) is 106 Å². The van der Waals surface area contributed by atoms with E-state index < -0.39 is 70.7 Å². The number of aliphatic carboxylic acids is 1. The number of ether oxygens (including phenoxy) is 2. The van der Waals surface area contributed by atoms with E-state index >= 15 is 0 Å². The molecule has 4 amide bonds. The average Bonchev–Trinajstić information content (AvgIpc) is 3.31. The standard InChI is InChI=1S/C26H41N7O10S/c1-24(2,3)41-22(39)28-10-13(34)9-27-11-14-16(18(35)29-14)31-19(36)17(33-43-26(7,8)20(37)38)15-12-44-21(30-15)32-23(40)42-25(4,5)6/h12-14,16,27,34H,9-11H2,1-8H3,(H,28,39)(H,29,35)(H,31,36)(H,37,38)(H,30,32,40)/b33-17-/t13-,14-,16?/m0/s1. The Morgan fingerprint density at radius 1 is 1.05 bits per heavy atom. The van der Waals surface area contributed by atoms with Crippen molar-refractivity contribution in [3.8, 4) is 0 Å². The van der Waals surface area contributed by atoms with Crippen molar-refractivity contribution >= 4 is 52.2 Å². The number of hydrogen-bond acceptors (Lipinski definition) is 13. The number of alkyl carbamates (subject to hydrolysis) is 1. The minimum Gasteiger partial charge on any atom is -0.478 e. The van der Waals surface area contributed by atoms with Crippen LogP contribution in [0.5, 0.6) is 0 Å². The van der Waals surface area contributed by atoms with Crippen molar-refractivity contribution in [2.24, 2.45) is 5.16 Å². The van der Waals surface area contributed by atoms with Gasteiger partial charge in [-0.25, -0.2) is 19.4 Å². The Morgan fingerprint density at radius 3 is 2.23 bits per heavy atom. The van der Waals surface area contributed by atoms with Gasteiger partial charge in [0.1, 0.15) is 22.9 Å². The summed E-state index contributed by atoms with van der Waals surface area (Å²) in [5, 5.41) is 37.7. The van der Waals surface area contributed by atoms with Crippen LogP contribution in [-0.2, 0) is 28.7 Å². The van der Waals surface area contributed by atoms with Crippen LogP contribution < -0.4 is 26.6 Å². The molecule has 0 spiro atoms. The largest absolute Gasteiger partial charge is 0.478 e. The lowest BCUT2D eigenvalue weighted by molar-refractivity contribution is -0.161. The number of thiazole rings is 1. The van der Waals surface area contributed by atoms with Gasteiger partial charge < -0.3 is 45.8 Å². The normalized spacial score (nSPS) is 17.8. The highest BCUT2D eigenvalue weighted by molar-refractivity contribution is 7.14. The minimum atomic E-state index is -1.81. The van der Waals surface area contributed by atoms with Crippen molar-refractivity contribution in [1.29, 1.82) is 0 Å². The number of aliphatic hydroxyl groups is 1. The number of rotatable bonds is 13. The van der Waals surface area contributed by atoms with Gasteiger partial charge in [0, 0.05) is 25.0 Å². The number of carboxylic acids is 1. The Morgan fingerprint density at radius 2 is 1.66 bits per heavy atom. The van der Waals surface area contributed by atoms with Crippen LogP contribution in [0.3, 0.4) is 0 Å². The molecule has 2 rings (SSSR count). The molecule has 1 unspecified atom stereocenters. The minimum absolute atomic E-state index is 0.0555. The second-order valence-corrected chi connectivity index (χ2v) is 13.1. The van der Waals surface area contributed by atoms with Crippen molar-refractivity contribution in [1.82, 2.24) is 26.3 Å². The fourth-order valence-corrected chi connectivity index (χ4v) is 3.89. The third kappa shape index (κ3) is 11.9. The molecule has 18 heteroatoms. The molecule has 1 aliphatic heterocycles. The maximum Gasteiger partial charge on any atom is 0.413 e. The predicted molar refractivity (Wildman–Crippen MR) is 158 cm³/mol. The van der Waals surface area contributed by atoms with Gasteiger partial charge in [0.15, 0.2) is 10.8 Å². The van der Waals surface area contributed by atoms with Gasteiger partial charge >= 0.3 is 18.2 Å². The van der Waals surface area contributed by atoms with Crippen molar-refractivity contribution in [2.45, 2.75) is 90.4 Å². The van der Waals surface area contributed by atoms with Crippen LogP contribution in [0.2, 0.25) is 0 Å². The zero-order chi connectivity index (χ0) is 33.5. The van der Waals surface area contributed by atoms with Gasteiger partial charge in [0.2, 0.25) is 11.5 Å². The summed E-state index contributed by atoms with van der Waals surface area (Å²) >= 11 is 0.948. The van der Waals surface area contributed by atoms with E-state index in [1.54, 1.807) is 41.5 Å². The fourth-order valence-electron chi connectivity index (χ4n) is 3.21. The Balaban J connectivity index is 2.05. The van der Waals surface area contributed by atoms with Crippen LogP contribution in [0, 0.1) is 0 Å². The quantitative estimate of drug-likeness (QED) is 0.0885. The highest BCUT2D eigenvalue weighted by Gasteiger charge is 2.41.